The van der Waals surface area contributed by atoms with Crippen molar-refractivity contribution in [2.45, 2.75) is 39.0 Å². The zero-order valence-corrected chi connectivity index (χ0v) is 7.68. The van der Waals surface area contributed by atoms with Crippen LogP contribution in [0, 0.1) is 11.3 Å². The standard InChI is InChI=1S/C11H16O/c1-9(12)11-7-3-2-5-10(11)6-4-8-11/h2-3,10H,4-8H2,1H3/t10-,11+/m1/s1. The van der Waals surface area contributed by atoms with Crippen LogP contribution in [-0.4, -0.2) is 5.78 Å². The molecule has 0 spiro atoms. The summed E-state index contributed by atoms with van der Waals surface area (Å²) in [5, 5.41) is 0. The molecule has 0 aromatic carbocycles. The minimum atomic E-state index is 0.0642. The summed E-state index contributed by atoms with van der Waals surface area (Å²) in [4.78, 5) is 11.6. The first kappa shape index (κ1) is 8.03. The van der Waals surface area contributed by atoms with Crippen LogP contribution in [-0.2, 0) is 4.79 Å². The Labute approximate surface area is 73.8 Å². The monoisotopic (exact) mass is 164 g/mol. The summed E-state index contributed by atoms with van der Waals surface area (Å²) >= 11 is 0. The highest BCUT2D eigenvalue weighted by Gasteiger charge is 2.46. The second kappa shape index (κ2) is 2.72. The maximum atomic E-state index is 11.6. The molecule has 0 bridgehead atoms. The minimum Gasteiger partial charge on any atom is -0.299 e. The Kier molecular flexibility index (Phi) is 1.82. The van der Waals surface area contributed by atoms with Crippen LogP contribution in [0.3, 0.4) is 0 Å². The zero-order chi connectivity index (χ0) is 8.60. The molecule has 2 aliphatic carbocycles. The lowest BCUT2D eigenvalue weighted by atomic mass is 9.68. The SMILES string of the molecule is CC(=O)[C@@]12CC=CC[C@@H]1CCC2. The first-order valence-corrected chi connectivity index (χ1v) is 4.92. The van der Waals surface area contributed by atoms with Crippen LogP contribution < -0.4 is 0 Å². The van der Waals surface area contributed by atoms with E-state index in [4.69, 9.17) is 0 Å². The van der Waals surface area contributed by atoms with E-state index in [9.17, 15) is 4.79 Å². The normalized spacial score (nSPS) is 39.6. The van der Waals surface area contributed by atoms with Gasteiger partial charge in [-0.05, 0) is 38.5 Å². The average molecular weight is 164 g/mol. The van der Waals surface area contributed by atoms with Crippen LogP contribution in [0.2, 0.25) is 0 Å². The van der Waals surface area contributed by atoms with Crippen LogP contribution >= 0.6 is 0 Å². The minimum absolute atomic E-state index is 0.0642. The van der Waals surface area contributed by atoms with Crippen molar-refractivity contribution < 1.29 is 4.79 Å². The van der Waals surface area contributed by atoms with Gasteiger partial charge in [0.2, 0.25) is 0 Å². The van der Waals surface area contributed by atoms with Gasteiger partial charge in [-0.15, -0.1) is 0 Å². The van der Waals surface area contributed by atoms with E-state index >= 15 is 0 Å². The lowest BCUT2D eigenvalue weighted by molar-refractivity contribution is -0.128. The van der Waals surface area contributed by atoms with Gasteiger partial charge >= 0.3 is 0 Å². The van der Waals surface area contributed by atoms with E-state index < -0.39 is 0 Å². The molecule has 12 heavy (non-hydrogen) atoms. The van der Waals surface area contributed by atoms with E-state index in [1.165, 1.54) is 12.8 Å². The summed E-state index contributed by atoms with van der Waals surface area (Å²) in [5.74, 6) is 1.09. The molecular formula is C11H16O. The van der Waals surface area contributed by atoms with Crippen molar-refractivity contribution >= 4 is 5.78 Å². The quantitative estimate of drug-likeness (QED) is 0.544. The number of hydrogen-bond acceptors (Lipinski definition) is 1. The molecule has 1 nitrogen and oxygen atoms in total. The Balaban J connectivity index is 2.30. The van der Waals surface area contributed by atoms with Gasteiger partial charge in [-0.3, -0.25) is 4.79 Å². The van der Waals surface area contributed by atoms with E-state index in [0.29, 0.717) is 11.7 Å². The van der Waals surface area contributed by atoms with Gasteiger partial charge in [-0.25, -0.2) is 0 Å². The van der Waals surface area contributed by atoms with Gasteiger partial charge in [0.25, 0.3) is 0 Å². The van der Waals surface area contributed by atoms with Crippen molar-refractivity contribution in [3.05, 3.63) is 12.2 Å². The number of carbonyl (C=O) groups is 1. The van der Waals surface area contributed by atoms with E-state index in [1.807, 2.05) is 0 Å². The smallest absolute Gasteiger partial charge is 0.136 e. The molecule has 0 saturated heterocycles. The number of rotatable bonds is 1. The van der Waals surface area contributed by atoms with Gasteiger partial charge in [-0.2, -0.15) is 0 Å². The van der Waals surface area contributed by atoms with E-state index in [2.05, 4.69) is 12.2 Å². The molecule has 2 atom stereocenters. The Bertz CT molecular complexity index is 229. The van der Waals surface area contributed by atoms with Gasteiger partial charge in [0.05, 0.1) is 0 Å². The third-order valence-electron chi connectivity index (χ3n) is 3.73. The third kappa shape index (κ3) is 0.954. The summed E-state index contributed by atoms with van der Waals surface area (Å²) in [6.45, 7) is 1.78. The highest BCUT2D eigenvalue weighted by atomic mass is 16.1. The lowest BCUT2D eigenvalue weighted by Crippen LogP contribution is -2.34. The topological polar surface area (TPSA) is 17.1 Å². The molecule has 66 valence electrons. The molecule has 0 amide bonds. The molecule has 1 fully saturated rings. The van der Waals surface area contributed by atoms with Crippen molar-refractivity contribution in [3.8, 4) is 0 Å². The van der Waals surface area contributed by atoms with Crippen molar-refractivity contribution in [1.29, 1.82) is 0 Å². The Morgan fingerprint density at radius 3 is 3.00 bits per heavy atom. The van der Waals surface area contributed by atoms with Gasteiger partial charge in [0.1, 0.15) is 5.78 Å². The van der Waals surface area contributed by atoms with E-state index in [-0.39, 0.29) is 5.41 Å². The van der Waals surface area contributed by atoms with Crippen molar-refractivity contribution in [2.75, 3.05) is 0 Å². The first-order chi connectivity index (χ1) is 5.76. The fourth-order valence-corrected chi connectivity index (χ4v) is 2.92. The number of fused-ring (bicyclic) bond motifs is 1. The number of ketones is 1. The molecule has 0 heterocycles. The zero-order valence-electron chi connectivity index (χ0n) is 7.68. The van der Waals surface area contributed by atoms with Crippen LogP contribution in [0.4, 0.5) is 0 Å². The molecule has 1 saturated carbocycles. The maximum Gasteiger partial charge on any atom is 0.136 e. The molecule has 0 aromatic heterocycles. The maximum absolute atomic E-state index is 11.6. The van der Waals surface area contributed by atoms with Gasteiger partial charge < -0.3 is 0 Å². The second-order valence-corrected chi connectivity index (χ2v) is 4.21. The molecule has 0 radical (unpaired) electrons. The molecule has 1 heteroatoms. The summed E-state index contributed by atoms with van der Waals surface area (Å²) < 4.78 is 0. The van der Waals surface area contributed by atoms with Crippen molar-refractivity contribution in [3.63, 3.8) is 0 Å². The summed E-state index contributed by atoms with van der Waals surface area (Å²) in [6.07, 6.45) is 10.3. The molecular weight excluding hydrogens is 148 g/mol. The lowest BCUT2D eigenvalue weighted by Gasteiger charge is -2.34. The van der Waals surface area contributed by atoms with Crippen molar-refractivity contribution in [1.82, 2.24) is 0 Å². The number of hydrogen-bond donors (Lipinski definition) is 0. The van der Waals surface area contributed by atoms with E-state index in [1.54, 1.807) is 6.92 Å². The second-order valence-electron chi connectivity index (χ2n) is 4.21. The molecule has 0 aliphatic heterocycles. The molecule has 0 N–H and O–H groups in total. The third-order valence-corrected chi connectivity index (χ3v) is 3.73. The Morgan fingerprint density at radius 1 is 1.50 bits per heavy atom. The van der Waals surface area contributed by atoms with Crippen LogP contribution in [0.1, 0.15) is 39.0 Å². The largest absolute Gasteiger partial charge is 0.299 e. The number of carbonyl (C=O) groups excluding carboxylic acids is 1. The van der Waals surface area contributed by atoms with Gasteiger partial charge in [0.15, 0.2) is 0 Å². The van der Waals surface area contributed by atoms with E-state index in [0.717, 1.165) is 19.3 Å². The predicted octanol–water partition coefficient (Wildman–Crippen LogP) is 2.71. The average Bonchev–Trinajstić information content (AvgIpc) is 2.48. The number of Topliss-reactive ketones (excluding diaryl/α,β-unsaturated/α-hetero) is 1. The Morgan fingerprint density at radius 2 is 2.33 bits per heavy atom. The fraction of sp³-hybridized carbons (Fsp3) is 0.727. The summed E-state index contributed by atoms with van der Waals surface area (Å²) in [5.41, 5.74) is 0.0642. The molecule has 2 rings (SSSR count). The number of allylic oxidation sites excluding steroid dienone is 2. The Hall–Kier alpha value is -0.590. The van der Waals surface area contributed by atoms with Gasteiger partial charge in [0, 0.05) is 5.41 Å². The highest BCUT2D eigenvalue weighted by Crippen LogP contribution is 2.50. The van der Waals surface area contributed by atoms with Crippen LogP contribution in [0.25, 0.3) is 0 Å². The molecule has 0 unspecified atom stereocenters. The first-order valence-electron chi connectivity index (χ1n) is 4.92. The molecule has 0 aromatic rings. The summed E-state index contributed by atoms with van der Waals surface area (Å²) in [6, 6.07) is 0. The molecule has 2 aliphatic rings. The predicted molar refractivity (Wildman–Crippen MR) is 48.8 cm³/mol. The van der Waals surface area contributed by atoms with Crippen molar-refractivity contribution in [2.24, 2.45) is 11.3 Å². The van der Waals surface area contributed by atoms with Gasteiger partial charge in [-0.1, -0.05) is 18.6 Å². The highest BCUT2D eigenvalue weighted by molar-refractivity contribution is 5.83. The fourth-order valence-electron chi connectivity index (χ4n) is 2.92. The van der Waals surface area contributed by atoms with Crippen LogP contribution in [0.5, 0.6) is 0 Å². The summed E-state index contributed by atoms with van der Waals surface area (Å²) in [7, 11) is 0. The van der Waals surface area contributed by atoms with Crippen LogP contribution in [0.15, 0.2) is 12.2 Å².